The minimum atomic E-state index is -0.277. The van der Waals surface area contributed by atoms with E-state index in [1.807, 2.05) is 43.3 Å². The number of fused-ring (bicyclic) bond motifs is 1. The van der Waals surface area contributed by atoms with Crippen LogP contribution >= 0.6 is 22.9 Å². The third kappa shape index (κ3) is 4.08. The zero-order valence-corrected chi connectivity index (χ0v) is 16.3. The van der Waals surface area contributed by atoms with E-state index in [1.54, 1.807) is 6.07 Å². The fraction of sp³-hybridized carbons (Fsp3) is 0.300. The summed E-state index contributed by atoms with van der Waals surface area (Å²) >= 11 is 7.44. The number of carbonyl (C=O) groups is 1. The van der Waals surface area contributed by atoms with Gasteiger partial charge in [0.25, 0.3) is 5.19 Å². The van der Waals surface area contributed by atoms with Crippen LogP contribution in [0.4, 0.5) is 0 Å². The van der Waals surface area contributed by atoms with Gasteiger partial charge >= 0.3 is 0 Å². The van der Waals surface area contributed by atoms with Crippen molar-refractivity contribution in [2.75, 3.05) is 0 Å². The maximum absolute atomic E-state index is 12.3. The number of hydrogen-bond acceptors (Lipinski definition) is 5. The van der Waals surface area contributed by atoms with Crippen LogP contribution in [0.1, 0.15) is 31.2 Å². The lowest BCUT2D eigenvalue weighted by Gasteiger charge is -2.32. The Kier molecular flexibility index (Phi) is 5.04. The number of ether oxygens (including phenoxy) is 1. The maximum atomic E-state index is 12.3. The van der Waals surface area contributed by atoms with E-state index < -0.39 is 0 Å². The molecule has 1 fully saturated rings. The number of hydrogen-bond donors (Lipinski definition) is 2. The molecule has 1 heterocycles. The lowest BCUT2D eigenvalue weighted by Crippen LogP contribution is -2.47. The number of aromatic nitrogens is 1. The van der Waals surface area contributed by atoms with Crippen LogP contribution in [-0.4, -0.2) is 28.1 Å². The third-order valence-corrected chi connectivity index (χ3v) is 5.90. The van der Waals surface area contributed by atoms with E-state index in [4.69, 9.17) is 16.3 Å². The molecule has 1 aromatic heterocycles. The summed E-state index contributed by atoms with van der Waals surface area (Å²) in [6.07, 6.45) is 0.998. The lowest BCUT2D eigenvalue weighted by molar-refractivity contribution is -0.124. The molecule has 1 aliphatic carbocycles. The van der Waals surface area contributed by atoms with Gasteiger partial charge < -0.3 is 15.2 Å². The van der Waals surface area contributed by atoms with Gasteiger partial charge in [0.1, 0.15) is 5.75 Å². The van der Waals surface area contributed by atoms with Crippen molar-refractivity contribution in [1.29, 1.82) is 0 Å². The molecule has 7 heteroatoms. The van der Waals surface area contributed by atoms with Crippen LogP contribution < -0.4 is 10.1 Å². The second-order valence-electron chi connectivity index (χ2n) is 6.82. The SMILES string of the molecule is CC(C(=O)NC1CC(O)C1)c1ccc(Oc2nc3ccc(Cl)cc3s2)cc1. The van der Waals surface area contributed by atoms with Gasteiger partial charge in [-0.1, -0.05) is 35.1 Å². The van der Waals surface area contributed by atoms with E-state index in [-0.39, 0.29) is 24.0 Å². The van der Waals surface area contributed by atoms with E-state index >= 15 is 0 Å². The molecule has 1 saturated carbocycles. The number of carbonyl (C=O) groups excluding carboxylic acids is 1. The highest BCUT2D eigenvalue weighted by atomic mass is 35.5. The number of amides is 1. The molecule has 0 radical (unpaired) electrons. The standard InChI is InChI=1S/C20H19ClN2O3S/c1-11(19(25)22-14-9-15(24)10-14)12-2-5-16(6-3-12)26-20-23-17-7-4-13(21)8-18(17)27-20/h2-8,11,14-15,24H,9-10H2,1H3,(H,22,25). The molecule has 1 amide bonds. The van der Waals surface area contributed by atoms with Crippen molar-refractivity contribution in [1.82, 2.24) is 10.3 Å². The van der Waals surface area contributed by atoms with Gasteiger partial charge in [0.2, 0.25) is 5.91 Å². The Morgan fingerprint density at radius 1 is 1.30 bits per heavy atom. The predicted octanol–water partition coefficient (Wildman–Crippen LogP) is 4.49. The van der Waals surface area contributed by atoms with E-state index in [2.05, 4.69) is 10.3 Å². The Labute approximate surface area is 166 Å². The first-order valence-electron chi connectivity index (χ1n) is 8.80. The molecule has 27 heavy (non-hydrogen) atoms. The molecule has 2 N–H and O–H groups in total. The topological polar surface area (TPSA) is 71.5 Å². The number of thiazole rings is 1. The van der Waals surface area contributed by atoms with Crippen LogP contribution in [0, 0.1) is 0 Å². The summed E-state index contributed by atoms with van der Waals surface area (Å²) in [5.41, 5.74) is 1.76. The number of aliphatic hydroxyl groups excluding tert-OH is 1. The van der Waals surface area contributed by atoms with Gasteiger partial charge in [0.15, 0.2) is 0 Å². The fourth-order valence-electron chi connectivity index (χ4n) is 3.03. The van der Waals surface area contributed by atoms with Crippen LogP contribution in [0.15, 0.2) is 42.5 Å². The highest BCUT2D eigenvalue weighted by Crippen LogP contribution is 2.33. The number of rotatable bonds is 5. The average Bonchev–Trinajstić information content (AvgIpc) is 3.01. The first-order valence-corrected chi connectivity index (χ1v) is 10.00. The first-order chi connectivity index (χ1) is 13.0. The zero-order valence-electron chi connectivity index (χ0n) is 14.7. The summed E-state index contributed by atoms with van der Waals surface area (Å²) in [4.78, 5) is 16.8. The summed E-state index contributed by atoms with van der Waals surface area (Å²) in [7, 11) is 0. The highest BCUT2D eigenvalue weighted by Gasteiger charge is 2.29. The largest absolute Gasteiger partial charge is 0.431 e. The Balaban J connectivity index is 1.41. The first kappa shape index (κ1) is 18.2. The smallest absolute Gasteiger partial charge is 0.279 e. The molecule has 0 spiro atoms. The molecular formula is C20H19ClN2O3S. The fourth-order valence-corrected chi connectivity index (χ4v) is 4.14. The zero-order chi connectivity index (χ0) is 19.0. The monoisotopic (exact) mass is 402 g/mol. The van der Waals surface area contributed by atoms with Crippen molar-refractivity contribution < 1.29 is 14.6 Å². The van der Waals surface area contributed by atoms with Crippen molar-refractivity contribution in [2.45, 2.75) is 37.8 Å². The van der Waals surface area contributed by atoms with Crippen LogP contribution in [0.5, 0.6) is 10.9 Å². The maximum Gasteiger partial charge on any atom is 0.279 e. The summed E-state index contributed by atoms with van der Waals surface area (Å²) in [5.74, 6) is 0.378. The third-order valence-electron chi connectivity index (χ3n) is 4.77. The minimum absolute atomic E-state index is 0.0244. The van der Waals surface area contributed by atoms with E-state index in [0.29, 0.717) is 28.8 Å². The summed E-state index contributed by atoms with van der Waals surface area (Å²) < 4.78 is 6.81. The number of benzene rings is 2. The molecule has 140 valence electrons. The van der Waals surface area contributed by atoms with E-state index in [9.17, 15) is 9.90 Å². The normalized spacial score (nSPS) is 20.1. The molecule has 1 unspecified atom stereocenters. The second kappa shape index (κ2) is 7.46. The van der Waals surface area contributed by atoms with Gasteiger partial charge in [-0.2, -0.15) is 0 Å². The van der Waals surface area contributed by atoms with Gasteiger partial charge in [-0.25, -0.2) is 4.98 Å². The Morgan fingerprint density at radius 2 is 2.04 bits per heavy atom. The molecule has 5 nitrogen and oxygen atoms in total. The minimum Gasteiger partial charge on any atom is -0.431 e. The average molecular weight is 403 g/mol. The molecule has 0 saturated heterocycles. The van der Waals surface area contributed by atoms with Crippen molar-refractivity contribution in [3.05, 3.63) is 53.1 Å². The summed E-state index contributed by atoms with van der Waals surface area (Å²) in [5, 5.41) is 13.5. The van der Waals surface area contributed by atoms with E-state index in [1.165, 1.54) is 11.3 Å². The Hall–Kier alpha value is -2.15. The molecule has 1 aliphatic rings. The number of halogens is 1. The van der Waals surface area contributed by atoms with Crippen LogP contribution in [0.3, 0.4) is 0 Å². The van der Waals surface area contributed by atoms with Gasteiger partial charge in [0, 0.05) is 11.1 Å². The summed E-state index contributed by atoms with van der Waals surface area (Å²) in [6.45, 7) is 1.87. The number of nitrogens with one attached hydrogen (secondary N) is 1. The van der Waals surface area contributed by atoms with Crippen molar-refractivity contribution >= 4 is 39.1 Å². The van der Waals surface area contributed by atoms with E-state index in [0.717, 1.165) is 15.8 Å². The quantitative estimate of drug-likeness (QED) is 0.659. The highest BCUT2D eigenvalue weighted by molar-refractivity contribution is 7.20. The van der Waals surface area contributed by atoms with Crippen molar-refractivity contribution in [2.24, 2.45) is 0 Å². The molecule has 2 aromatic carbocycles. The lowest BCUT2D eigenvalue weighted by atomic mass is 9.88. The number of nitrogens with zero attached hydrogens (tertiary/aromatic N) is 1. The van der Waals surface area contributed by atoms with Crippen molar-refractivity contribution in [3.63, 3.8) is 0 Å². The predicted molar refractivity (Wildman–Crippen MR) is 107 cm³/mol. The van der Waals surface area contributed by atoms with Crippen LogP contribution in [-0.2, 0) is 4.79 Å². The Bertz CT molecular complexity index is 967. The van der Waals surface area contributed by atoms with Gasteiger partial charge in [0.05, 0.1) is 22.2 Å². The number of aliphatic hydroxyl groups is 1. The molecule has 1 atom stereocenters. The Morgan fingerprint density at radius 3 is 2.74 bits per heavy atom. The molecule has 4 rings (SSSR count). The second-order valence-corrected chi connectivity index (χ2v) is 8.24. The van der Waals surface area contributed by atoms with Gasteiger partial charge in [-0.3, -0.25) is 4.79 Å². The molecule has 0 aliphatic heterocycles. The summed E-state index contributed by atoms with van der Waals surface area (Å²) in [6, 6.07) is 13.1. The molecule has 3 aromatic rings. The van der Waals surface area contributed by atoms with Crippen molar-refractivity contribution in [3.8, 4) is 10.9 Å². The van der Waals surface area contributed by atoms with Gasteiger partial charge in [-0.05, 0) is 55.7 Å². The van der Waals surface area contributed by atoms with Gasteiger partial charge in [-0.15, -0.1) is 0 Å². The van der Waals surface area contributed by atoms with Crippen LogP contribution in [0.25, 0.3) is 10.2 Å². The molecular weight excluding hydrogens is 384 g/mol. The van der Waals surface area contributed by atoms with Crippen LogP contribution in [0.2, 0.25) is 5.02 Å². The molecule has 0 bridgehead atoms.